The van der Waals surface area contributed by atoms with Gasteiger partial charge in [0.05, 0.1) is 34.3 Å². The topological polar surface area (TPSA) is 333 Å². The molecule has 7 aliphatic rings. The van der Waals surface area contributed by atoms with Crippen molar-refractivity contribution in [1.29, 1.82) is 10.5 Å². The number of alkyl halides is 2. The molecule has 0 aromatic carbocycles. The summed E-state index contributed by atoms with van der Waals surface area (Å²) in [5.74, 6) is 1.78. The molecule has 4 amide bonds. The molecule has 3 spiro atoms. The third kappa shape index (κ3) is 10.8. The normalized spacial score (nSPS) is 19.4. The maximum atomic E-state index is 12.4. The van der Waals surface area contributed by atoms with Crippen molar-refractivity contribution >= 4 is 90.5 Å². The van der Waals surface area contributed by atoms with E-state index in [1.54, 1.807) is 61.6 Å². The maximum absolute atomic E-state index is 12.4. The van der Waals surface area contributed by atoms with Gasteiger partial charge < -0.3 is 36.9 Å². The van der Waals surface area contributed by atoms with Crippen LogP contribution in [0.5, 0.6) is 0 Å². The van der Waals surface area contributed by atoms with E-state index in [0.29, 0.717) is 85.4 Å². The molecule has 4 aliphatic heterocycles. The molecule has 12 heterocycles. The van der Waals surface area contributed by atoms with Crippen LogP contribution < -0.4 is 61.7 Å². The molecule has 0 radical (unpaired) electrons. The average molecular weight is 1240 g/mol. The van der Waals surface area contributed by atoms with Gasteiger partial charge in [0.2, 0.25) is 23.6 Å². The number of amides is 4. The molecule has 21 nitrogen and oxygen atoms in total. The summed E-state index contributed by atoms with van der Waals surface area (Å²) in [6, 6.07) is 26.1. The van der Waals surface area contributed by atoms with Gasteiger partial charge in [0.1, 0.15) is 52.6 Å². The molecule has 0 saturated heterocycles. The first kappa shape index (κ1) is 57.5. The Hall–Kier alpha value is -8.71. The van der Waals surface area contributed by atoms with Gasteiger partial charge in [0, 0.05) is 82.5 Å². The Balaban J connectivity index is 0.000000118. The first-order valence-electron chi connectivity index (χ1n) is 25.5. The number of anilines is 5. The molecule has 3 unspecified atom stereocenters. The summed E-state index contributed by atoms with van der Waals surface area (Å²) in [6.07, 6.45) is 17.4. The van der Waals surface area contributed by atoms with Gasteiger partial charge in [-0.2, -0.15) is 10.5 Å². The molecule has 8 aromatic heterocycles. The number of hydrogen-bond acceptors (Lipinski definition) is 17. The first-order chi connectivity index (χ1) is 39.7. The molecule has 24 heteroatoms. The Bertz CT molecular complexity index is 4060. The van der Waals surface area contributed by atoms with E-state index in [1.165, 1.54) is 12.3 Å². The minimum atomic E-state index is -1.31. The second kappa shape index (κ2) is 23.6. The fourth-order valence-corrected chi connectivity index (χ4v) is 12.6. The van der Waals surface area contributed by atoms with Crippen LogP contribution in [0.4, 0.5) is 29.1 Å². The summed E-state index contributed by atoms with van der Waals surface area (Å²) >= 11 is 6.71. The fraction of sp³-hybridized carbons (Fsp3) is 0.203. The number of aromatic nitrogens is 8. The number of pyridine rings is 8. The Morgan fingerprint density at radius 1 is 0.518 bits per heavy atom. The van der Waals surface area contributed by atoms with Gasteiger partial charge in [-0.3, -0.25) is 24.2 Å². The number of halogens is 2. The van der Waals surface area contributed by atoms with Gasteiger partial charge in [-0.15, -0.1) is 0 Å². The zero-order chi connectivity index (χ0) is 57.3. The zero-order valence-corrected chi connectivity index (χ0v) is 49.3. The number of carbonyl (C=O) groups excluding carboxylic acids is 5. The van der Waals surface area contributed by atoms with Crippen molar-refractivity contribution < 1.29 is 58.6 Å². The molecular weight excluding hydrogens is 1200 g/mol. The number of nitrogens with two attached hydrogens (primary N) is 1. The van der Waals surface area contributed by atoms with E-state index in [4.69, 9.17) is 16.3 Å². The number of carboxylic acid groups (broad SMARTS) is 1. The summed E-state index contributed by atoms with van der Waals surface area (Å²) in [7, 11) is 0. The molecule has 0 fully saturated rings. The molecule has 3 atom stereocenters. The Morgan fingerprint density at radius 3 is 1.42 bits per heavy atom. The number of carbonyl (C=O) groups is 5. The molecule has 6 N–H and O–H groups in total. The van der Waals surface area contributed by atoms with Gasteiger partial charge in [-0.1, -0.05) is 56.1 Å². The molecule has 83 heavy (non-hydrogen) atoms. The van der Waals surface area contributed by atoms with Crippen LogP contribution in [0.1, 0.15) is 88.6 Å². The number of nitrogens with zero attached hydrogens (tertiary/aromatic N) is 10. The molecule has 406 valence electrons. The zero-order valence-electron chi connectivity index (χ0n) is 44.2. The van der Waals surface area contributed by atoms with Crippen LogP contribution in [-0.4, -0.2) is 69.5 Å². The van der Waals surface area contributed by atoms with E-state index in [-0.39, 0.29) is 58.9 Å². The van der Waals surface area contributed by atoms with E-state index in [1.807, 2.05) is 60.7 Å². The van der Waals surface area contributed by atoms with E-state index < -0.39 is 22.2 Å². The SMILES string of the molecule is N#Cc1cc(CBr)c(CBr)cn1.N#Cc1cc2c(cn1)CC1(C2)C(=O)Nc2ncccc21.Nc1cc2c(cn1)CC1(C2)C(=O)Nc2ncccc21.O=C([O-])c1cc2c(cn1)CC1(C2)C(=O)Nc2ncccc21.O=C1Cc2cccnc2N1.[Na+]. The molecule has 0 saturated carbocycles. The number of aromatic carboxylic acids is 1. The number of rotatable bonds is 3. The minimum Gasteiger partial charge on any atom is -0.543 e. The van der Waals surface area contributed by atoms with Crippen LogP contribution in [0.2, 0.25) is 0 Å². The summed E-state index contributed by atoms with van der Waals surface area (Å²) in [5, 5.41) is 41.1. The van der Waals surface area contributed by atoms with E-state index in [2.05, 4.69) is 93.0 Å². The van der Waals surface area contributed by atoms with Crippen molar-refractivity contribution in [3.63, 3.8) is 0 Å². The standard InChI is InChI=1S/C15H10N4O.C15H11N3O3.C14H12N4O.C8H6Br2N2.C7H6N2O.Na/c16-7-11-4-9-5-15(6-10(9)8-18-11)12-2-1-3-17-13(12)19-14(15)20;19-13(20)11-4-8-5-15(6-9(8)7-17-11)10-2-1-3-16-12(10)18-14(15)21;15-11-4-8-5-14(6-9(8)7-17-11)10-2-1-3-16-12(10)18-13(14)19;9-2-6-1-8(4-11)12-5-7(6)3-10;10-6-4-5-2-1-3-8-7(5)9-6;/h1-4,8H,5-6H2,(H,17,19,20);1-4,7H,5-6H2,(H,19,20)(H,16,18,21);1-4,7H,5-6H2,(H2,15,17)(H,16,18,19);1,5H,2-3H2;1-3H,4H2,(H,8,9,10);/q;;;;;+1/p-1. The van der Waals surface area contributed by atoms with Crippen molar-refractivity contribution in [3.05, 3.63) is 206 Å². The van der Waals surface area contributed by atoms with Crippen LogP contribution in [0.3, 0.4) is 0 Å². The molecule has 8 aromatic rings. The van der Waals surface area contributed by atoms with Crippen LogP contribution in [0.25, 0.3) is 0 Å². The van der Waals surface area contributed by atoms with Crippen LogP contribution in [-0.2, 0) is 91.0 Å². The number of nitrogens with one attached hydrogen (secondary N) is 4. The van der Waals surface area contributed by atoms with Crippen molar-refractivity contribution in [2.75, 3.05) is 27.0 Å². The molecular formula is C59H44Br2N15NaO6. The summed E-state index contributed by atoms with van der Waals surface area (Å²) < 4.78 is 0. The quantitative estimate of drug-likeness (QED) is 0.125. The number of nitriles is 2. The summed E-state index contributed by atoms with van der Waals surface area (Å²) in [5.41, 5.74) is 16.7. The van der Waals surface area contributed by atoms with Crippen LogP contribution in [0, 0.1) is 22.7 Å². The van der Waals surface area contributed by atoms with Gasteiger partial charge >= 0.3 is 29.6 Å². The summed E-state index contributed by atoms with van der Waals surface area (Å²) in [4.78, 5) is 91.6. The van der Waals surface area contributed by atoms with Crippen molar-refractivity contribution in [1.82, 2.24) is 39.9 Å². The number of carboxylic acids is 1. The number of nitrogen functional groups attached to an aromatic ring is 1. The Labute approximate surface area is 513 Å². The van der Waals surface area contributed by atoms with Crippen molar-refractivity contribution in [2.24, 2.45) is 0 Å². The monoisotopic (exact) mass is 1240 g/mol. The second-order valence-electron chi connectivity index (χ2n) is 20.3. The third-order valence-electron chi connectivity index (χ3n) is 15.5. The van der Waals surface area contributed by atoms with Gasteiger partial charge in [-0.25, -0.2) is 34.9 Å². The molecule has 3 aliphatic carbocycles. The third-order valence-corrected chi connectivity index (χ3v) is 16.7. The van der Waals surface area contributed by atoms with Crippen LogP contribution >= 0.6 is 31.9 Å². The predicted octanol–water partition coefficient (Wildman–Crippen LogP) is 2.54. The average Bonchev–Trinajstić information content (AvgIpc) is 2.63. The molecule has 15 rings (SSSR count). The molecule has 0 bridgehead atoms. The van der Waals surface area contributed by atoms with Crippen molar-refractivity contribution in [3.8, 4) is 12.1 Å². The van der Waals surface area contributed by atoms with E-state index in [0.717, 1.165) is 77.4 Å². The van der Waals surface area contributed by atoms with Gasteiger partial charge in [0.15, 0.2) is 0 Å². The maximum Gasteiger partial charge on any atom is 1.00 e. The largest absolute Gasteiger partial charge is 1.00 e. The van der Waals surface area contributed by atoms with Gasteiger partial charge in [0.25, 0.3) is 0 Å². The minimum absolute atomic E-state index is 0. The first-order valence-corrected chi connectivity index (χ1v) is 27.8. The fourth-order valence-electron chi connectivity index (χ4n) is 11.5. The smallest absolute Gasteiger partial charge is 0.543 e. The van der Waals surface area contributed by atoms with Crippen LogP contribution in [0.15, 0.2) is 122 Å². The van der Waals surface area contributed by atoms with Gasteiger partial charge in [-0.05, 0) is 132 Å². The second-order valence-corrected chi connectivity index (χ2v) is 21.4. The number of hydrogen-bond donors (Lipinski definition) is 5. The van der Waals surface area contributed by atoms with Crippen molar-refractivity contribution in [2.45, 2.75) is 71.9 Å². The predicted molar refractivity (Wildman–Crippen MR) is 303 cm³/mol. The Kier molecular flexibility index (Phi) is 16.4. The Morgan fingerprint density at radius 2 is 0.940 bits per heavy atom. The summed E-state index contributed by atoms with van der Waals surface area (Å²) in [6.45, 7) is 0. The van der Waals surface area contributed by atoms with E-state index >= 15 is 0 Å². The van der Waals surface area contributed by atoms with E-state index in [9.17, 15) is 29.1 Å². The number of fused-ring (bicyclic) bond motifs is 10.